The van der Waals surface area contributed by atoms with E-state index in [2.05, 4.69) is 10.3 Å². The first-order valence-electron chi connectivity index (χ1n) is 9.81. The molecule has 1 fully saturated rings. The van der Waals surface area contributed by atoms with E-state index in [-0.39, 0.29) is 30.2 Å². The van der Waals surface area contributed by atoms with E-state index in [0.717, 1.165) is 4.90 Å². The molecule has 2 amide bonds. The Morgan fingerprint density at radius 2 is 2.06 bits per heavy atom. The zero-order valence-electron chi connectivity index (χ0n) is 17.3. The van der Waals surface area contributed by atoms with Crippen molar-refractivity contribution >= 4 is 46.9 Å². The smallest absolute Gasteiger partial charge is 0.352 e. The van der Waals surface area contributed by atoms with Crippen molar-refractivity contribution in [3.05, 3.63) is 46.6 Å². The highest BCUT2D eigenvalue weighted by atomic mass is 32.2. The molecule has 1 saturated heterocycles. The van der Waals surface area contributed by atoms with Crippen molar-refractivity contribution in [2.45, 2.75) is 24.8 Å². The second kappa shape index (κ2) is 9.24. The molecule has 2 aromatic rings. The van der Waals surface area contributed by atoms with Crippen molar-refractivity contribution in [3.63, 3.8) is 0 Å². The summed E-state index contributed by atoms with van der Waals surface area (Å²) in [7, 11) is 0. The van der Waals surface area contributed by atoms with Gasteiger partial charge in [-0.2, -0.15) is 0 Å². The Balaban J connectivity index is 1.41. The van der Waals surface area contributed by atoms with Gasteiger partial charge in [-0.05, 0) is 12.1 Å². The number of hydrogen-bond acceptors (Lipinski definition) is 9. The third-order valence-electron chi connectivity index (χ3n) is 5.04. The van der Waals surface area contributed by atoms with Crippen LogP contribution < -0.4 is 5.32 Å². The molecule has 1 aromatic heterocycles. The number of fused-ring (bicyclic) bond motifs is 1. The number of rotatable bonds is 7. The van der Waals surface area contributed by atoms with Crippen LogP contribution in [-0.2, 0) is 30.3 Å². The number of phenolic OH excluding ortho intramolecular Hbond substituents is 1. The van der Waals surface area contributed by atoms with Crippen LogP contribution >= 0.6 is 23.1 Å². The highest BCUT2D eigenvalue weighted by Gasteiger charge is 2.54. The molecule has 2 aliphatic rings. The minimum absolute atomic E-state index is 0.0649. The van der Waals surface area contributed by atoms with Crippen molar-refractivity contribution in [1.29, 1.82) is 0 Å². The fourth-order valence-corrected chi connectivity index (χ4v) is 5.72. The Labute approximate surface area is 196 Å². The predicted molar refractivity (Wildman–Crippen MR) is 119 cm³/mol. The molecule has 2 aliphatic heterocycles. The van der Waals surface area contributed by atoms with E-state index < -0.39 is 35.2 Å². The number of carbonyl (C=O) groups excluding carboxylic acids is 3. The van der Waals surface area contributed by atoms with Gasteiger partial charge in [-0.3, -0.25) is 19.3 Å². The van der Waals surface area contributed by atoms with E-state index >= 15 is 0 Å². The SMILES string of the molecule is CC(=O)OCC1=C(C(=O)O)N2C(=O)C(NC(=O)Cc3csc(-c4ccccc4O)n3)C2SC1. The summed E-state index contributed by atoms with van der Waals surface area (Å²) in [5.41, 5.74) is 1.18. The first-order chi connectivity index (χ1) is 15.8. The number of aliphatic carboxylic acids is 1. The average Bonchev–Trinajstić information content (AvgIpc) is 3.23. The Kier molecular flexibility index (Phi) is 6.38. The number of amides is 2. The van der Waals surface area contributed by atoms with E-state index in [9.17, 15) is 29.4 Å². The monoisotopic (exact) mass is 489 g/mol. The number of carbonyl (C=O) groups is 4. The minimum atomic E-state index is -1.29. The van der Waals surface area contributed by atoms with E-state index in [1.54, 1.807) is 29.6 Å². The van der Waals surface area contributed by atoms with E-state index in [0.29, 0.717) is 21.8 Å². The fraction of sp³-hybridized carbons (Fsp3) is 0.286. The van der Waals surface area contributed by atoms with Gasteiger partial charge in [-0.25, -0.2) is 9.78 Å². The Morgan fingerprint density at radius 1 is 1.30 bits per heavy atom. The van der Waals surface area contributed by atoms with Crippen molar-refractivity contribution in [2.24, 2.45) is 0 Å². The number of thiazole rings is 1. The Bertz CT molecular complexity index is 1180. The quantitative estimate of drug-likeness (QED) is 0.387. The van der Waals surface area contributed by atoms with Crippen LogP contribution in [0.1, 0.15) is 12.6 Å². The normalized spacial score (nSPS) is 19.5. The van der Waals surface area contributed by atoms with Crippen molar-refractivity contribution in [1.82, 2.24) is 15.2 Å². The van der Waals surface area contributed by atoms with Crippen LogP contribution in [0.15, 0.2) is 40.9 Å². The van der Waals surface area contributed by atoms with Gasteiger partial charge in [0.1, 0.15) is 34.5 Å². The number of para-hydroxylation sites is 1. The van der Waals surface area contributed by atoms with Crippen LogP contribution in [0.3, 0.4) is 0 Å². The summed E-state index contributed by atoms with van der Waals surface area (Å²) in [6, 6.07) is 5.89. The molecule has 3 heterocycles. The molecule has 172 valence electrons. The lowest BCUT2D eigenvalue weighted by atomic mass is 10.0. The molecule has 1 aromatic carbocycles. The van der Waals surface area contributed by atoms with Crippen LogP contribution in [0.25, 0.3) is 10.6 Å². The van der Waals surface area contributed by atoms with Gasteiger partial charge in [0.05, 0.1) is 17.7 Å². The highest BCUT2D eigenvalue weighted by molar-refractivity contribution is 8.00. The maximum atomic E-state index is 12.7. The number of esters is 1. The molecule has 3 N–H and O–H groups in total. The molecule has 0 radical (unpaired) electrons. The summed E-state index contributed by atoms with van der Waals surface area (Å²) in [5.74, 6) is -2.45. The molecule has 2 atom stereocenters. The summed E-state index contributed by atoms with van der Waals surface area (Å²) in [5, 5.41) is 23.9. The molecule has 0 aliphatic carbocycles. The molecule has 0 saturated carbocycles. The van der Waals surface area contributed by atoms with Gasteiger partial charge in [-0.15, -0.1) is 23.1 Å². The summed E-state index contributed by atoms with van der Waals surface area (Å²) >= 11 is 2.58. The number of phenols is 1. The molecule has 0 spiro atoms. The van der Waals surface area contributed by atoms with Gasteiger partial charge in [0.15, 0.2) is 0 Å². The van der Waals surface area contributed by atoms with Crippen molar-refractivity contribution in [2.75, 3.05) is 12.4 Å². The molecule has 2 unspecified atom stereocenters. The van der Waals surface area contributed by atoms with Gasteiger partial charge in [-0.1, -0.05) is 12.1 Å². The lowest BCUT2D eigenvalue weighted by Gasteiger charge is -2.49. The molecule has 33 heavy (non-hydrogen) atoms. The van der Waals surface area contributed by atoms with Gasteiger partial charge >= 0.3 is 11.9 Å². The molecule has 12 heteroatoms. The number of β-lactam (4-membered cyclic amide) rings is 1. The zero-order valence-corrected chi connectivity index (χ0v) is 18.9. The van der Waals surface area contributed by atoms with Crippen LogP contribution in [0, 0.1) is 0 Å². The average molecular weight is 490 g/mol. The highest BCUT2D eigenvalue weighted by Crippen LogP contribution is 2.40. The second-order valence-electron chi connectivity index (χ2n) is 7.33. The number of ether oxygens (including phenoxy) is 1. The van der Waals surface area contributed by atoms with E-state index in [1.807, 2.05) is 0 Å². The van der Waals surface area contributed by atoms with Gasteiger partial charge < -0.3 is 20.3 Å². The Hall–Kier alpha value is -3.38. The number of aromatic hydroxyl groups is 1. The third kappa shape index (κ3) is 4.57. The number of carboxylic acids is 1. The van der Waals surface area contributed by atoms with Crippen molar-refractivity contribution in [3.8, 4) is 16.3 Å². The van der Waals surface area contributed by atoms with E-state index in [4.69, 9.17) is 4.74 Å². The Morgan fingerprint density at radius 3 is 2.76 bits per heavy atom. The summed E-state index contributed by atoms with van der Waals surface area (Å²) in [4.78, 5) is 53.5. The van der Waals surface area contributed by atoms with Crippen molar-refractivity contribution < 1.29 is 34.1 Å². The van der Waals surface area contributed by atoms with Crippen LogP contribution in [-0.4, -0.2) is 67.6 Å². The summed E-state index contributed by atoms with van der Waals surface area (Å²) < 4.78 is 4.90. The summed E-state index contributed by atoms with van der Waals surface area (Å²) in [6.07, 6.45) is -0.0649. The number of benzene rings is 1. The van der Waals surface area contributed by atoms with Crippen LogP contribution in [0.2, 0.25) is 0 Å². The topological polar surface area (TPSA) is 146 Å². The number of carboxylic acid groups (broad SMARTS) is 1. The largest absolute Gasteiger partial charge is 0.507 e. The number of nitrogens with zero attached hydrogens (tertiary/aromatic N) is 2. The first kappa shape index (κ1) is 22.8. The fourth-order valence-electron chi connectivity index (χ4n) is 3.54. The first-order valence-corrected chi connectivity index (χ1v) is 11.7. The zero-order chi connectivity index (χ0) is 23.7. The molecule has 0 bridgehead atoms. The number of thioether (sulfide) groups is 1. The molecular formula is C21H19N3O7S2. The van der Waals surface area contributed by atoms with Crippen LogP contribution in [0.5, 0.6) is 5.75 Å². The minimum Gasteiger partial charge on any atom is -0.507 e. The van der Waals surface area contributed by atoms with Gasteiger partial charge in [0, 0.05) is 23.6 Å². The maximum Gasteiger partial charge on any atom is 0.352 e. The lowest BCUT2D eigenvalue weighted by molar-refractivity contribution is -0.151. The van der Waals surface area contributed by atoms with Gasteiger partial charge in [0.2, 0.25) is 5.91 Å². The predicted octanol–water partition coefficient (Wildman–Crippen LogP) is 1.36. The van der Waals surface area contributed by atoms with Crippen LogP contribution in [0.4, 0.5) is 0 Å². The molecule has 10 nitrogen and oxygen atoms in total. The summed E-state index contributed by atoms with van der Waals surface area (Å²) in [6.45, 7) is 1.01. The molecule has 4 rings (SSSR count). The number of hydrogen-bond donors (Lipinski definition) is 3. The standard InChI is InChI=1S/C21H19N3O7S2/c1-10(25)31-7-11-8-33-20-16(19(28)24(20)17(11)21(29)30)23-15(27)6-12-9-32-18(22-12)13-4-2-3-5-14(13)26/h2-5,9,16,20,26H,6-8H2,1H3,(H,23,27)(H,29,30). The van der Waals surface area contributed by atoms with Gasteiger partial charge in [0.25, 0.3) is 5.91 Å². The lowest BCUT2D eigenvalue weighted by Crippen LogP contribution is -2.70. The number of aromatic nitrogens is 1. The second-order valence-corrected chi connectivity index (χ2v) is 9.29. The maximum absolute atomic E-state index is 12.7. The van der Waals surface area contributed by atoms with E-state index in [1.165, 1.54) is 30.0 Å². The number of nitrogens with one attached hydrogen (secondary N) is 1. The third-order valence-corrected chi connectivity index (χ3v) is 7.31. The molecular weight excluding hydrogens is 470 g/mol.